The number of nitrogens with zero attached hydrogens (tertiary/aromatic N) is 2. The van der Waals surface area contributed by atoms with Crippen LogP contribution in [0.15, 0.2) is 60.3 Å². The van der Waals surface area contributed by atoms with Crippen molar-refractivity contribution in [3.05, 3.63) is 71.7 Å². The van der Waals surface area contributed by atoms with E-state index in [4.69, 9.17) is 6.42 Å². The number of urea groups is 1. The van der Waals surface area contributed by atoms with E-state index in [0.29, 0.717) is 12.1 Å². The first kappa shape index (κ1) is 18.2. The van der Waals surface area contributed by atoms with Gasteiger partial charge in [0.15, 0.2) is 0 Å². The molecule has 0 spiro atoms. The van der Waals surface area contributed by atoms with Crippen LogP contribution in [0.5, 0.6) is 0 Å². The minimum absolute atomic E-state index is 0.155. The van der Waals surface area contributed by atoms with Gasteiger partial charge >= 0.3 is 6.03 Å². The number of terminal acetylenes is 1. The number of imide groups is 2. The number of barbiturate groups is 1. The summed E-state index contributed by atoms with van der Waals surface area (Å²) in [6.45, 7) is 0.323. The van der Waals surface area contributed by atoms with E-state index in [1.54, 1.807) is 6.20 Å². The second-order valence-electron chi connectivity index (χ2n) is 6.37. The molecule has 4 amide bonds. The van der Waals surface area contributed by atoms with Crippen molar-refractivity contribution in [3.8, 4) is 12.3 Å². The smallest absolute Gasteiger partial charge is 0.335 e. The first-order valence-electron chi connectivity index (χ1n) is 8.68. The van der Waals surface area contributed by atoms with Gasteiger partial charge in [-0.25, -0.2) is 14.1 Å². The van der Waals surface area contributed by atoms with Gasteiger partial charge in [0.25, 0.3) is 11.8 Å². The van der Waals surface area contributed by atoms with Crippen molar-refractivity contribution in [1.82, 2.24) is 9.88 Å². The minimum Gasteiger partial charge on any atom is -0.335 e. The molecule has 0 radical (unpaired) electrons. The maximum Gasteiger partial charge on any atom is 0.335 e. The summed E-state index contributed by atoms with van der Waals surface area (Å²) in [5.74, 6) is 0.463. The standard InChI is InChI=1S/C22H14FN3O3/c1-2-11-25-13-14(17-5-3-4-6-19(17)25)12-18-20(27)24-22(29)26(21(18)28)16-9-7-15(23)8-10-16/h1,3-10,12-13H,11H2,(H,24,27,29)/b18-12-. The predicted molar refractivity (Wildman–Crippen MR) is 106 cm³/mol. The van der Waals surface area contributed by atoms with Crippen LogP contribution in [0.1, 0.15) is 5.56 Å². The Morgan fingerprint density at radius 1 is 1.07 bits per heavy atom. The van der Waals surface area contributed by atoms with Gasteiger partial charge in [-0.05, 0) is 36.4 Å². The van der Waals surface area contributed by atoms with Crippen LogP contribution in [-0.4, -0.2) is 22.4 Å². The number of fused-ring (bicyclic) bond motifs is 1. The molecule has 29 heavy (non-hydrogen) atoms. The molecule has 0 unspecified atom stereocenters. The molecule has 1 saturated heterocycles. The summed E-state index contributed by atoms with van der Waals surface area (Å²) >= 11 is 0. The summed E-state index contributed by atoms with van der Waals surface area (Å²) in [6.07, 6.45) is 8.60. The van der Waals surface area contributed by atoms with Crippen LogP contribution in [0.4, 0.5) is 14.9 Å². The molecule has 6 nitrogen and oxygen atoms in total. The molecule has 3 aromatic rings. The Kier molecular flexibility index (Phi) is 4.45. The molecule has 4 rings (SSSR count). The lowest BCUT2D eigenvalue weighted by molar-refractivity contribution is -0.122. The lowest BCUT2D eigenvalue weighted by Gasteiger charge is -2.26. The van der Waals surface area contributed by atoms with Crippen molar-refractivity contribution in [2.75, 3.05) is 4.90 Å². The molecule has 1 aliphatic heterocycles. The zero-order valence-corrected chi connectivity index (χ0v) is 15.1. The monoisotopic (exact) mass is 387 g/mol. The summed E-state index contributed by atoms with van der Waals surface area (Å²) in [5, 5.41) is 2.96. The number of amides is 4. The van der Waals surface area contributed by atoms with Gasteiger partial charge < -0.3 is 4.57 Å². The Balaban J connectivity index is 1.81. The number of carbonyl (C=O) groups excluding carboxylic acids is 3. The van der Waals surface area contributed by atoms with Gasteiger partial charge in [0.05, 0.1) is 12.2 Å². The lowest BCUT2D eigenvalue weighted by Crippen LogP contribution is -2.54. The summed E-state index contributed by atoms with van der Waals surface area (Å²) in [4.78, 5) is 38.3. The summed E-state index contributed by atoms with van der Waals surface area (Å²) in [7, 11) is 0. The minimum atomic E-state index is -0.890. The molecule has 1 aromatic heterocycles. The summed E-state index contributed by atoms with van der Waals surface area (Å²) in [6, 6.07) is 11.4. The largest absolute Gasteiger partial charge is 0.335 e. The maximum absolute atomic E-state index is 13.2. The van der Waals surface area contributed by atoms with Gasteiger partial charge in [-0.3, -0.25) is 14.9 Å². The van der Waals surface area contributed by atoms with E-state index < -0.39 is 23.7 Å². The average Bonchev–Trinajstić information content (AvgIpc) is 3.04. The van der Waals surface area contributed by atoms with Gasteiger partial charge in [0.2, 0.25) is 0 Å². The fourth-order valence-electron chi connectivity index (χ4n) is 3.26. The van der Waals surface area contributed by atoms with Gasteiger partial charge in [-0.2, -0.15) is 0 Å². The lowest BCUT2D eigenvalue weighted by atomic mass is 10.1. The molecule has 0 bridgehead atoms. The summed E-state index contributed by atoms with van der Waals surface area (Å²) < 4.78 is 15.0. The molecular formula is C22H14FN3O3. The van der Waals surface area contributed by atoms with Gasteiger partial charge in [-0.1, -0.05) is 24.1 Å². The Morgan fingerprint density at radius 2 is 1.79 bits per heavy atom. The van der Waals surface area contributed by atoms with E-state index in [1.807, 2.05) is 28.8 Å². The van der Waals surface area contributed by atoms with E-state index in [9.17, 15) is 18.8 Å². The highest BCUT2D eigenvalue weighted by Crippen LogP contribution is 2.26. The highest BCUT2D eigenvalue weighted by molar-refractivity contribution is 6.39. The Morgan fingerprint density at radius 3 is 2.52 bits per heavy atom. The fourth-order valence-corrected chi connectivity index (χ4v) is 3.26. The number of benzene rings is 2. The maximum atomic E-state index is 13.2. The van der Waals surface area contributed by atoms with Crippen molar-refractivity contribution in [1.29, 1.82) is 0 Å². The highest BCUT2D eigenvalue weighted by atomic mass is 19.1. The first-order chi connectivity index (χ1) is 14.0. The molecule has 1 aliphatic rings. The second kappa shape index (κ2) is 7.09. The number of nitrogens with one attached hydrogen (secondary N) is 1. The zero-order chi connectivity index (χ0) is 20.5. The molecule has 2 heterocycles. The number of carbonyl (C=O) groups is 3. The van der Waals surface area contributed by atoms with Gasteiger partial charge in [-0.15, -0.1) is 6.42 Å². The quantitative estimate of drug-likeness (QED) is 0.427. The SMILES string of the molecule is C#CCn1cc(/C=C2/C(=O)NC(=O)N(c3ccc(F)cc3)C2=O)c2ccccc21. The van der Waals surface area contributed by atoms with Crippen LogP contribution in [0.3, 0.4) is 0 Å². The van der Waals surface area contributed by atoms with Crippen LogP contribution < -0.4 is 10.2 Å². The topological polar surface area (TPSA) is 71.4 Å². The molecule has 0 aliphatic carbocycles. The summed E-state index contributed by atoms with van der Waals surface area (Å²) in [5.41, 5.74) is 1.41. The Labute approximate surface area is 165 Å². The molecule has 1 N–H and O–H groups in total. The van der Waals surface area contributed by atoms with E-state index in [2.05, 4.69) is 11.2 Å². The molecule has 1 fully saturated rings. The normalized spacial score (nSPS) is 15.7. The number of rotatable bonds is 3. The Hall–Kier alpha value is -4.18. The van der Waals surface area contributed by atoms with E-state index in [0.717, 1.165) is 27.9 Å². The van der Waals surface area contributed by atoms with Crippen LogP contribution in [0.25, 0.3) is 17.0 Å². The van der Waals surface area contributed by atoms with Crippen molar-refractivity contribution >= 4 is 40.5 Å². The first-order valence-corrected chi connectivity index (χ1v) is 8.68. The van der Waals surface area contributed by atoms with Crippen LogP contribution in [0.2, 0.25) is 0 Å². The number of para-hydroxylation sites is 1. The predicted octanol–water partition coefficient (Wildman–Crippen LogP) is 3.08. The van der Waals surface area contributed by atoms with Crippen molar-refractivity contribution in [3.63, 3.8) is 0 Å². The van der Waals surface area contributed by atoms with Crippen LogP contribution >= 0.6 is 0 Å². The molecule has 0 saturated carbocycles. The van der Waals surface area contributed by atoms with Gasteiger partial charge in [0, 0.05) is 22.7 Å². The third-order valence-electron chi connectivity index (χ3n) is 4.57. The van der Waals surface area contributed by atoms with Crippen LogP contribution in [0, 0.1) is 18.2 Å². The third kappa shape index (κ3) is 3.17. The van der Waals surface area contributed by atoms with E-state index >= 15 is 0 Å². The molecule has 7 heteroatoms. The second-order valence-corrected chi connectivity index (χ2v) is 6.37. The van der Waals surface area contributed by atoms with Crippen molar-refractivity contribution < 1.29 is 18.8 Å². The fraction of sp³-hybridized carbons (Fsp3) is 0.0455. The Bertz CT molecular complexity index is 1230. The molecule has 142 valence electrons. The number of aromatic nitrogens is 1. The zero-order valence-electron chi connectivity index (χ0n) is 15.1. The van der Waals surface area contributed by atoms with E-state index in [-0.39, 0.29) is 11.3 Å². The van der Waals surface area contributed by atoms with Gasteiger partial charge in [0.1, 0.15) is 11.4 Å². The molecule has 2 aromatic carbocycles. The number of anilines is 1. The van der Waals surface area contributed by atoms with Crippen LogP contribution in [-0.2, 0) is 16.1 Å². The number of halogens is 1. The number of hydrogen-bond acceptors (Lipinski definition) is 3. The average molecular weight is 387 g/mol. The third-order valence-corrected chi connectivity index (χ3v) is 4.57. The molecule has 0 atom stereocenters. The van der Waals surface area contributed by atoms with Crippen molar-refractivity contribution in [2.45, 2.75) is 6.54 Å². The van der Waals surface area contributed by atoms with E-state index in [1.165, 1.54) is 18.2 Å². The molecular weight excluding hydrogens is 373 g/mol. The highest BCUT2D eigenvalue weighted by Gasteiger charge is 2.37. The number of hydrogen-bond donors (Lipinski definition) is 1. The van der Waals surface area contributed by atoms with Crippen molar-refractivity contribution in [2.24, 2.45) is 0 Å².